The van der Waals surface area contributed by atoms with Crippen LogP contribution in [0.3, 0.4) is 0 Å². The quantitative estimate of drug-likeness (QED) is 0.759. The SMILES string of the molecule is COC1OC2COC(c3ccccc3)O[C@@H]2C(O)[C@@H]1OS(C)(=O)=O. The molecule has 3 rings (SSSR count). The zero-order chi connectivity index (χ0) is 17.3. The second kappa shape index (κ2) is 7.04. The molecule has 0 bridgehead atoms. The van der Waals surface area contributed by atoms with Crippen LogP contribution in [0.4, 0.5) is 0 Å². The predicted molar refractivity (Wildman–Crippen MR) is 81.4 cm³/mol. The van der Waals surface area contributed by atoms with E-state index in [-0.39, 0.29) is 6.61 Å². The maximum Gasteiger partial charge on any atom is 0.264 e. The van der Waals surface area contributed by atoms with Crippen molar-refractivity contribution in [2.45, 2.75) is 37.0 Å². The first kappa shape index (κ1) is 17.7. The second-order valence-electron chi connectivity index (χ2n) is 5.71. The monoisotopic (exact) mass is 360 g/mol. The van der Waals surface area contributed by atoms with Crippen molar-refractivity contribution in [3.8, 4) is 0 Å². The average Bonchev–Trinajstić information content (AvgIpc) is 2.56. The van der Waals surface area contributed by atoms with Crippen LogP contribution in [0.1, 0.15) is 11.9 Å². The molecule has 0 radical (unpaired) electrons. The lowest BCUT2D eigenvalue weighted by Crippen LogP contribution is -2.63. The third-order valence-corrected chi connectivity index (χ3v) is 4.47. The Labute approximate surface area is 140 Å². The van der Waals surface area contributed by atoms with E-state index in [1.165, 1.54) is 7.11 Å². The Bertz CT molecular complexity index is 649. The maximum absolute atomic E-state index is 11.4. The topological polar surface area (TPSA) is 101 Å². The molecule has 2 fully saturated rings. The Hall–Kier alpha value is -1.07. The van der Waals surface area contributed by atoms with E-state index in [9.17, 15) is 13.5 Å². The molecule has 4 unspecified atom stereocenters. The van der Waals surface area contributed by atoms with Gasteiger partial charge in [-0.25, -0.2) is 0 Å². The highest BCUT2D eigenvalue weighted by Crippen LogP contribution is 2.35. The second-order valence-corrected chi connectivity index (χ2v) is 7.31. The first-order valence-corrected chi connectivity index (χ1v) is 9.27. The summed E-state index contributed by atoms with van der Waals surface area (Å²) < 4.78 is 50.0. The van der Waals surface area contributed by atoms with Crippen LogP contribution in [0.25, 0.3) is 0 Å². The number of ether oxygens (including phenoxy) is 4. The summed E-state index contributed by atoms with van der Waals surface area (Å²) in [7, 11) is -2.47. The van der Waals surface area contributed by atoms with E-state index < -0.39 is 47.1 Å². The minimum atomic E-state index is -3.81. The van der Waals surface area contributed by atoms with Gasteiger partial charge in [0.15, 0.2) is 18.7 Å². The fraction of sp³-hybridized carbons (Fsp3) is 0.600. The normalized spacial score (nSPS) is 37.0. The van der Waals surface area contributed by atoms with Crippen LogP contribution < -0.4 is 0 Å². The van der Waals surface area contributed by atoms with Crippen LogP contribution in [0.15, 0.2) is 30.3 Å². The van der Waals surface area contributed by atoms with Crippen LogP contribution in [0.5, 0.6) is 0 Å². The van der Waals surface area contributed by atoms with Gasteiger partial charge < -0.3 is 24.1 Å². The molecule has 2 aliphatic rings. The van der Waals surface area contributed by atoms with Gasteiger partial charge in [0.2, 0.25) is 0 Å². The van der Waals surface area contributed by atoms with Crippen molar-refractivity contribution in [2.75, 3.05) is 20.0 Å². The number of fused-ring (bicyclic) bond motifs is 1. The van der Waals surface area contributed by atoms with Gasteiger partial charge >= 0.3 is 0 Å². The molecule has 1 N–H and O–H groups in total. The zero-order valence-corrected chi connectivity index (χ0v) is 14.1. The van der Waals surface area contributed by atoms with Crippen molar-refractivity contribution < 1.29 is 36.7 Å². The summed E-state index contributed by atoms with van der Waals surface area (Å²) in [5.41, 5.74) is 0.789. The highest BCUT2D eigenvalue weighted by Gasteiger charge is 2.51. The standard InChI is InChI=1S/C15H20O8S/c1-19-15-13(23-24(2,17)18)11(16)12-10(21-15)8-20-14(22-12)9-6-4-3-5-7-9/h3-7,10-16H,8H2,1-2H3/t10?,11?,12-,13-,14?,15?/m0/s1. The average molecular weight is 360 g/mol. The van der Waals surface area contributed by atoms with E-state index in [4.69, 9.17) is 23.1 Å². The van der Waals surface area contributed by atoms with Crippen molar-refractivity contribution >= 4 is 10.1 Å². The fourth-order valence-corrected chi connectivity index (χ4v) is 3.45. The summed E-state index contributed by atoms with van der Waals surface area (Å²) in [6.45, 7) is 0.173. The number of hydrogen-bond donors (Lipinski definition) is 1. The number of methoxy groups -OCH3 is 1. The van der Waals surface area contributed by atoms with Crippen LogP contribution >= 0.6 is 0 Å². The molecule has 1 aromatic rings. The lowest BCUT2D eigenvalue weighted by molar-refractivity contribution is -0.354. The van der Waals surface area contributed by atoms with E-state index in [1.54, 1.807) is 0 Å². The van der Waals surface area contributed by atoms with Gasteiger partial charge in [-0.1, -0.05) is 30.3 Å². The summed E-state index contributed by atoms with van der Waals surface area (Å²) in [6, 6.07) is 9.23. The van der Waals surface area contributed by atoms with Crippen LogP contribution in [-0.4, -0.2) is 64.2 Å². The first-order valence-electron chi connectivity index (χ1n) is 7.45. The molecule has 8 nitrogen and oxygen atoms in total. The summed E-state index contributed by atoms with van der Waals surface area (Å²) in [4.78, 5) is 0. The van der Waals surface area contributed by atoms with Crippen LogP contribution in [0.2, 0.25) is 0 Å². The Kier molecular flexibility index (Phi) is 5.21. The molecule has 2 saturated heterocycles. The lowest BCUT2D eigenvalue weighted by atomic mass is 9.98. The number of aliphatic hydroxyl groups excluding tert-OH is 1. The van der Waals surface area contributed by atoms with Gasteiger partial charge in [0.25, 0.3) is 10.1 Å². The fourth-order valence-electron chi connectivity index (χ4n) is 2.84. The number of rotatable bonds is 4. The van der Waals surface area contributed by atoms with E-state index in [0.29, 0.717) is 0 Å². The molecule has 134 valence electrons. The van der Waals surface area contributed by atoms with Crippen molar-refractivity contribution in [3.05, 3.63) is 35.9 Å². The van der Waals surface area contributed by atoms with Gasteiger partial charge in [0.1, 0.15) is 18.3 Å². The maximum atomic E-state index is 11.4. The first-order chi connectivity index (χ1) is 11.4. The highest BCUT2D eigenvalue weighted by molar-refractivity contribution is 7.86. The van der Waals surface area contributed by atoms with Gasteiger partial charge in [0.05, 0.1) is 12.9 Å². The van der Waals surface area contributed by atoms with E-state index in [0.717, 1.165) is 11.8 Å². The molecule has 0 aromatic heterocycles. The van der Waals surface area contributed by atoms with Crippen LogP contribution in [-0.2, 0) is 33.2 Å². The molecule has 1 aromatic carbocycles. The molecule has 0 saturated carbocycles. The van der Waals surface area contributed by atoms with Crippen molar-refractivity contribution in [1.82, 2.24) is 0 Å². The van der Waals surface area contributed by atoms with Crippen LogP contribution in [0, 0.1) is 0 Å². The predicted octanol–water partition coefficient (Wildman–Crippen LogP) is 0.178. The summed E-state index contributed by atoms with van der Waals surface area (Å²) in [5, 5.41) is 10.6. The van der Waals surface area contributed by atoms with E-state index >= 15 is 0 Å². The van der Waals surface area contributed by atoms with E-state index in [1.807, 2.05) is 30.3 Å². The number of benzene rings is 1. The molecule has 0 amide bonds. The van der Waals surface area contributed by atoms with Gasteiger partial charge in [-0.05, 0) is 0 Å². The summed E-state index contributed by atoms with van der Waals surface area (Å²) >= 11 is 0. The molecule has 0 spiro atoms. The van der Waals surface area contributed by atoms with Gasteiger partial charge in [0, 0.05) is 12.7 Å². The smallest absolute Gasteiger partial charge is 0.264 e. The minimum absolute atomic E-state index is 0.173. The van der Waals surface area contributed by atoms with E-state index in [2.05, 4.69) is 0 Å². The largest absolute Gasteiger partial charge is 0.387 e. The van der Waals surface area contributed by atoms with Crippen molar-refractivity contribution in [2.24, 2.45) is 0 Å². The lowest BCUT2D eigenvalue weighted by Gasteiger charge is -2.46. The third-order valence-electron chi connectivity index (χ3n) is 3.90. The Morgan fingerprint density at radius 1 is 1.21 bits per heavy atom. The molecule has 0 aliphatic carbocycles. The Morgan fingerprint density at radius 3 is 2.54 bits per heavy atom. The van der Waals surface area contributed by atoms with Gasteiger partial charge in [-0.3, -0.25) is 4.18 Å². The molecular formula is C15H20O8S. The third kappa shape index (κ3) is 3.77. The molecule has 6 atom stereocenters. The summed E-state index contributed by atoms with van der Waals surface area (Å²) in [5.74, 6) is 0. The van der Waals surface area contributed by atoms with Gasteiger partial charge in [-0.2, -0.15) is 8.42 Å². The van der Waals surface area contributed by atoms with Crippen molar-refractivity contribution in [1.29, 1.82) is 0 Å². The van der Waals surface area contributed by atoms with Gasteiger partial charge in [-0.15, -0.1) is 0 Å². The van der Waals surface area contributed by atoms with Crippen molar-refractivity contribution in [3.63, 3.8) is 0 Å². The number of aliphatic hydroxyl groups is 1. The molecule has 2 heterocycles. The zero-order valence-electron chi connectivity index (χ0n) is 13.3. The highest BCUT2D eigenvalue weighted by atomic mass is 32.2. The molecule has 24 heavy (non-hydrogen) atoms. The number of hydrogen-bond acceptors (Lipinski definition) is 8. The molecule has 9 heteroatoms. The minimum Gasteiger partial charge on any atom is -0.387 e. The Morgan fingerprint density at radius 2 is 1.92 bits per heavy atom. The Balaban J connectivity index is 1.79. The molecular weight excluding hydrogens is 340 g/mol. The molecule has 2 aliphatic heterocycles. The summed E-state index contributed by atoms with van der Waals surface area (Å²) in [6.07, 6.45) is -4.69.